The fourth-order valence-corrected chi connectivity index (χ4v) is 6.47. The number of aliphatic hydroxyl groups excluding tert-OH is 2. The van der Waals surface area contributed by atoms with E-state index in [9.17, 15) is 43.3 Å². The summed E-state index contributed by atoms with van der Waals surface area (Å²) in [6, 6.07) is 4.37. The molecule has 194 valence electrons. The van der Waals surface area contributed by atoms with E-state index >= 15 is 0 Å². The van der Waals surface area contributed by atoms with Crippen LogP contribution in [0, 0.1) is 18.3 Å². The Kier molecular flexibility index (Phi) is 7.44. The first-order valence-corrected chi connectivity index (χ1v) is 13.7. The van der Waals surface area contributed by atoms with Gasteiger partial charge in [0.1, 0.15) is 31.3 Å². The van der Waals surface area contributed by atoms with E-state index in [-0.39, 0.29) is 5.69 Å². The molecule has 1 fully saturated rings. The third-order valence-electron chi connectivity index (χ3n) is 4.92. The first-order valence-electron chi connectivity index (χ1n) is 9.13. The molecule has 2 aromatic rings. The van der Waals surface area contributed by atoms with Crippen molar-refractivity contribution in [1.29, 1.82) is 5.26 Å². The lowest BCUT2D eigenvalue weighted by atomic mass is 9.89. The van der Waals surface area contributed by atoms with Gasteiger partial charge in [0.05, 0.1) is 23.5 Å². The van der Waals surface area contributed by atoms with E-state index in [1.807, 2.05) is 0 Å². The van der Waals surface area contributed by atoms with E-state index in [1.165, 1.54) is 12.1 Å². The zero-order valence-electron chi connectivity index (χ0n) is 17.4. The van der Waals surface area contributed by atoms with Crippen LogP contribution in [-0.4, -0.2) is 75.5 Å². The Balaban J connectivity index is 1.92. The molecule has 1 aliphatic rings. The summed E-state index contributed by atoms with van der Waals surface area (Å²) in [7, 11) is -17.3. The van der Waals surface area contributed by atoms with Crippen LogP contribution >= 0.6 is 23.5 Å². The normalized spacial score (nSPS) is 30.6. The van der Waals surface area contributed by atoms with Gasteiger partial charge in [0, 0.05) is 0 Å². The highest BCUT2D eigenvalue weighted by atomic mass is 31.3. The quantitative estimate of drug-likeness (QED) is 0.212. The maximum atomic E-state index is 14.2. The number of halogens is 1. The number of aryl methyl sites for hydroxylation is 1. The Morgan fingerprint density at radius 3 is 2.40 bits per heavy atom. The molecule has 0 spiro atoms. The molecule has 0 aliphatic carbocycles. The van der Waals surface area contributed by atoms with Crippen molar-refractivity contribution in [2.45, 2.75) is 30.3 Å². The molecule has 3 heterocycles. The molecule has 2 unspecified atom stereocenters. The number of nitrogens with zero attached hydrogens (tertiary/aromatic N) is 4. The summed E-state index contributed by atoms with van der Waals surface area (Å²) < 4.78 is 66.4. The predicted octanol–water partition coefficient (Wildman–Crippen LogP) is -0.440. The van der Waals surface area contributed by atoms with Crippen LogP contribution in [0.25, 0.3) is 5.52 Å². The summed E-state index contributed by atoms with van der Waals surface area (Å²) in [6.45, 7) is -1.57. The van der Waals surface area contributed by atoms with Crippen LogP contribution in [0.5, 0.6) is 0 Å². The van der Waals surface area contributed by atoms with Crippen molar-refractivity contribution < 1.29 is 65.8 Å². The Labute approximate surface area is 194 Å². The van der Waals surface area contributed by atoms with Gasteiger partial charge in [-0.3, -0.25) is 4.52 Å². The summed E-state index contributed by atoms with van der Waals surface area (Å²) in [5.41, 5.74) is -4.53. The van der Waals surface area contributed by atoms with Crippen molar-refractivity contribution in [2.24, 2.45) is 0 Å². The van der Waals surface area contributed by atoms with Crippen molar-refractivity contribution in [3.05, 3.63) is 29.8 Å². The molecule has 1 aliphatic heterocycles. The SMILES string of the molecule is Cc1ncnn2c([C@]3(C#N)O[C@](CF)(COP(=O)(O)OP(=O)(O)OP(=O)(O)O)[C@@H](O)[C@H]3O)ccc12. The molecule has 6 N–H and O–H groups in total. The lowest BCUT2D eigenvalue weighted by molar-refractivity contribution is -0.142. The number of hydrogen-bond acceptors (Lipinski definition) is 12. The van der Waals surface area contributed by atoms with Crippen LogP contribution in [0.4, 0.5) is 4.39 Å². The van der Waals surface area contributed by atoms with Gasteiger partial charge in [-0.2, -0.15) is 19.0 Å². The average Bonchev–Trinajstić information content (AvgIpc) is 3.25. The number of aliphatic hydroxyl groups is 2. The maximum absolute atomic E-state index is 14.2. The van der Waals surface area contributed by atoms with E-state index in [2.05, 4.69) is 23.2 Å². The third-order valence-corrected chi connectivity index (χ3v) is 8.71. The third kappa shape index (κ3) is 5.38. The topological polar surface area (TPSA) is 263 Å². The summed E-state index contributed by atoms with van der Waals surface area (Å²) >= 11 is 0. The fraction of sp³-hybridized carbons (Fsp3) is 0.500. The Morgan fingerprint density at radius 1 is 1.17 bits per heavy atom. The number of ether oxygens (including phenoxy) is 1. The molecule has 0 aromatic carbocycles. The molecule has 0 saturated carbocycles. The van der Waals surface area contributed by atoms with Crippen LogP contribution in [-0.2, 0) is 37.2 Å². The van der Waals surface area contributed by atoms with E-state index in [4.69, 9.17) is 14.5 Å². The second-order valence-corrected chi connectivity index (χ2v) is 11.7. The van der Waals surface area contributed by atoms with Crippen molar-refractivity contribution in [3.8, 4) is 6.07 Å². The largest absolute Gasteiger partial charge is 0.490 e. The molecule has 17 nitrogen and oxygen atoms in total. The van der Waals surface area contributed by atoms with Crippen LogP contribution in [0.1, 0.15) is 11.4 Å². The van der Waals surface area contributed by atoms with Gasteiger partial charge in [-0.05, 0) is 19.1 Å². The van der Waals surface area contributed by atoms with E-state index in [1.54, 1.807) is 13.0 Å². The number of phosphoric acid groups is 3. The maximum Gasteiger partial charge on any atom is 0.490 e. The number of nitriles is 1. The second-order valence-electron chi connectivity index (χ2n) is 7.26. The standard InChI is InChI=1S/C14H18FN4O13P3/c1-8-9-2-3-10(19(9)18-7-17-8)14(5-16)12(21)11(20)13(4-15,30-14)6-29-34(25,26)32-35(27,28)31-33(22,23)24/h2-3,7,11-12,20-21H,4,6H2,1H3,(H,25,26)(H,27,28)(H2,22,23,24)/t11-,12+,13+,14-/m0/s1. The van der Waals surface area contributed by atoms with Crippen LogP contribution in [0.15, 0.2) is 18.5 Å². The highest BCUT2D eigenvalue weighted by Crippen LogP contribution is 2.66. The van der Waals surface area contributed by atoms with Crippen LogP contribution in [0.2, 0.25) is 0 Å². The van der Waals surface area contributed by atoms with E-state index in [0.29, 0.717) is 11.2 Å². The predicted molar refractivity (Wildman–Crippen MR) is 107 cm³/mol. The number of fused-ring (bicyclic) bond motifs is 1. The van der Waals surface area contributed by atoms with Crippen LogP contribution < -0.4 is 0 Å². The van der Waals surface area contributed by atoms with Crippen molar-refractivity contribution in [3.63, 3.8) is 0 Å². The number of aromatic nitrogens is 3. The van der Waals surface area contributed by atoms with Gasteiger partial charge in [-0.15, -0.1) is 0 Å². The molecule has 6 atom stereocenters. The lowest BCUT2D eigenvalue weighted by Gasteiger charge is -2.30. The number of alkyl halides is 1. The van der Waals surface area contributed by atoms with Gasteiger partial charge < -0.3 is 34.5 Å². The highest BCUT2D eigenvalue weighted by Gasteiger charge is 2.65. The molecule has 1 saturated heterocycles. The van der Waals surface area contributed by atoms with Crippen molar-refractivity contribution in [2.75, 3.05) is 13.3 Å². The Morgan fingerprint density at radius 2 is 1.83 bits per heavy atom. The van der Waals surface area contributed by atoms with Gasteiger partial charge in [0.25, 0.3) is 0 Å². The van der Waals surface area contributed by atoms with Crippen molar-refractivity contribution >= 4 is 29.0 Å². The Bertz CT molecular complexity index is 1310. The number of phosphoric ester groups is 1. The summed E-state index contributed by atoms with van der Waals surface area (Å²) in [5, 5.41) is 35.0. The minimum Gasteiger partial charge on any atom is -0.387 e. The first kappa shape index (κ1) is 27.9. The fourth-order valence-electron chi connectivity index (χ4n) is 3.39. The molecular formula is C14H18FN4O13P3. The summed E-state index contributed by atoms with van der Waals surface area (Å²) in [4.78, 5) is 39.9. The smallest absolute Gasteiger partial charge is 0.387 e. The molecule has 0 bridgehead atoms. The van der Waals surface area contributed by atoms with Gasteiger partial charge in [-0.25, -0.2) is 27.6 Å². The molecule has 3 rings (SSSR count). The molecule has 0 amide bonds. The number of rotatable bonds is 9. The summed E-state index contributed by atoms with van der Waals surface area (Å²) in [6.07, 6.45) is -3.32. The van der Waals surface area contributed by atoms with E-state index in [0.717, 1.165) is 10.8 Å². The van der Waals surface area contributed by atoms with Crippen LogP contribution in [0.3, 0.4) is 0 Å². The van der Waals surface area contributed by atoms with Crippen molar-refractivity contribution in [1.82, 2.24) is 14.6 Å². The van der Waals surface area contributed by atoms with E-state index < -0.39 is 60.2 Å². The Hall–Kier alpha value is -1.67. The molecule has 21 heteroatoms. The average molecular weight is 562 g/mol. The summed E-state index contributed by atoms with van der Waals surface area (Å²) in [5.74, 6) is 0. The zero-order valence-corrected chi connectivity index (χ0v) is 20.0. The monoisotopic (exact) mass is 562 g/mol. The molecule has 35 heavy (non-hydrogen) atoms. The van der Waals surface area contributed by atoms with Gasteiger partial charge in [-0.1, -0.05) is 0 Å². The van der Waals surface area contributed by atoms with Gasteiger partial charge in [0.15, 0.2) is 5.60 Å². The minimum absolute atomic E-state index is 0.166. The zero-order chi connectivity index (χ0) is 26.4. The highest BCUT2D eigenvalue weighted by molar-refractivity contribution is 7.66. The minimum atomic E-state index is -5.88. The first-order chi connectivity index (χ1) is 16.0. The number of hydrogen-bond donors (Lipinski definition) is 6. The molecular weight excluding hydrogens is 544 g/mol. The van der Waals surface area contributed by atoms with Gasteiger partial charge in [0.2, 0.25) is 5.60 Å². The second kappa shape index (κ2) is 9.33. The molecule has 2 aromatic heterocycles. The van der Waals surface area contributed by atoms with Gasteiger partial charge >= 0.3 is 23.5 Å². The molecule has 0 radical (unpaired) electrons. The lowest BCUT2D eigenvalue weighted by Crippen LogP contribution is -2.48.